The number of carbonyl (C=O) groups is 1. The second kappa shape index (κ2) is 8.29. The highest BCUT2D eigenvalue weighted by molar-refractivity contribution is 5.92. The highest BCUT2D eigenvalue weighted by atomic mass is 16.5. The molecule has 0 aromatic heterocycles. The highest BCUT2D eigenvalue weighted by Gasteiger charge is 2.04. The maximum absolute atomic E-state index is 11.7. The van der Waals surface area contributed by atoms with Gasteiger partial charge in [-0.05, 0) is 18.6 Å². The van der Waals surface area contributed by atoms with Crippen LogP contribution in [0.3, 0.4) is 0 Å². The Balaban J connectivity index is 2.63. The Morgan fingerprint density at radius 2 is 2.22 bits per heavy atom. The van der Waals surface area contributed by atoms with E-state index in [4.69, 9.17) is 10.5 Å². The van der Waals surface area contributed by atoms with Gasteiger partial charge < -0.3 is 15.8 Å². The number of nitrogens with one attached hydrogen (secondary N) is 1. The van der Waals surface area contributed by atoms with E-state index in [1.165, 1.54) is 0 Å². The van der Waals surface area contributed by atoms with E-state index >= 15 is 0 Å². The molecule has 0 saturated heterocycles. The van der Waals surface area contributed by atoms with Crippen LogP contribution < -0.4 is 11.1 Å². The van der Waals surface area contributed by atoms with Crippen molar-refractivity contribution < 1.29 is 9.53 Å². The van der Waals surface area contributed by atoms with Crippen molar-refractivity contribution in [2.75, 3.05) is 25.6 Å². The summed E-state index contributed by atoms with van der Waals surface area (Å²) in [5.74, 6) is 5.67. The summed E-state index contributed by atoms with van der Waals surface area (Å²) in [7, 11) is 1.62. The predicted molar refractivity (Wildman–Crippen MR) is 72.1 cm³/mol. The molecule has 0 unspecified atom stereocenters. The topological polar surface area (TPSA) is 64.3 Å². The number of nitrogens with two attached hydrogens (primary N) is 1. The van der Waals surface area contributed by atoms with Gasteiger partial charge in [-0.1, -0.05) is 24.0 Å². The van der Waals surface area contributed by atoms with Gasteiger partial charge in [0.25, 0.3) is 0 Å². The normalized spacial score (nSPS) is 9.44. The van der Waals surface area contributed by atoms with E-state index in [1.54, 1.807) is 7.11 Å². The number of methoxy groups -OCH3 is 1. The number of carbonyl (C=O) groups excluding carboxylic acids is 1. The third-order valence-corrected chi connectivity index (χ3v) is 2.28. The maximum Gasteiger partial charge on any atom is 0.224 e. The molecule has 0 aliphatic heterocycles. The Hall–Kier alpha value is -1.83. The Morgan fingerprint density at radius 3 is 2.94 bits per heavy atom. The van der Waals surface area contributed by atoms with Gasteiger partial charge in [0.05, 0.1) is 12.2 Å². The number of para-hydroxylation sites is 1. The Bertz CT molecular complexity index is 447. The Labute approximate surface area is 108 Å². The zero-order chi connectivity index (χ0) is 13.2. The van der Waals surface area contributed by atoms with Gasteiger partial charge in [-0.2, -0.15) is 0 Å². The minimum atomic E-state index is -0.0333. The lowest BCUT2D eigenvalue weighted by atomic mass is 10.1. The first-order valence-corrected chi connectivity index (χ1v) is 5.84. The Kier molecular flexibility index (Phi) is 6.55. The van der Waals surface area contributed by atoms with Gasteiger partial charge >= 0.3 is 0 Å². The van der Waals surface area contributed by atoms with Crippen LogP contribution in [-0.2, 0) is 9.53 Å². The zero-order valence-electron chi connectivity index (χ0n) is 10.5. The highest BCUT2D eigenvalue weighted by Crippen LogP contribution is 2.14. The van der Waals surface area contributed by atoms with E-state index in [9.17, 15) is 4.79 Å². The van der Waals surface area contributed by atoms with Crippen molar-refractivity contribution in [3.05, 3.63) is 29.8 Å². The average Bonchev–Trinajstić information content (AvgIpc) is 2.38. The van der Waals surface area contributed by atoms with E-state index < -0.39 is 0 Å². The van der Waals surface area contributed by atoms with Gasteiger partial charge in [-0.15, -0.1) is 0 Å². The first kappa shape index (κ1) is 14.2. The van der Waals surface area contributed by atoms with Gasteiger partial charge in [0.1, 0.15) is 0 Å². The summed E-state index contributed by atoms with van der Waals surface area (Å²) >= 11 is 0. The number of hydrogen-bond acceptors (Lipinski definition) is 3. The molecule has 1 aromatic carbocycles. The third kappa shape index (κ3) is 5.00. The van der Waals surface area contributed by atoms with E-state index in [0.29, 0.717) is 26.0 Å². The van der Waals surface area contributed by atoms with Crippen molar-refractivity contribution in [3.63, 3.8) is 0 Å². The van der Waals surface area contributed by atoms with E-state index in [-0.39, 0.29) is 5.91 Å². The monoisotopic (exact) mass is 246 g/mol. The predicted octanol–water partition coefficient (Wildman–Crippen LogP) is 1.36. The van der Waals surface area contributed by atoms with Crippen molar-refractivity contribution >= 4 is 11.6 Å². The first-order valence-electron chi connectivity index (χ1n) is 5.84. The molecule has 0 aliphatic carbocycles. The molecular weight excluding hydrogens is 228 g/mol. The molecule has 0 saturated carbocycles. The minimum absolute atomic E-state index is 0.0333. The fourth-order valence-electron chi connectivity index (χ4n) is 1.44. The van der Waals surface area contributed by atoms with Gasteiger partial charge in [-0.25, -0.2) is 0 Å². The van der Waals surface area contributed by atoms with Crippen molar-refractivity contribution in [1.29, 1.82) is 0 Å². The molecular formula is C14H18N2O2. The lowest BCUT2D eigenvalue weighted by Crippen LogP contribution is -2.13. The second-order valence-corrected chi connectivity index (χ2v) is 3.70. The summed E-state index contributed by atoms with van der Waals surface area (Å²) < 4.78 is 4.90. The van der Waals surface area contributed by atoms with Crippen LogP contribution in [0.1, 0.15) is 18.4 Å². The largest absolute Gasteiger partial charge is 0.385 e. The molecule has 3 N–H and O–H groups in total. The van der Waals surface area contributed by atoms with Crippen LogP contribution >= 0.6 is 0 Å². The molecule has 0 radical (unpaired) electrons. The summed E-state index contributed by atoms with van der Waals surface area (Å²) in [4.78, 5) is 11.7. The minimum Gasteiger partial charge on any atom is -0.385 e. The molecule has 1 amide bonds. The lowest BCUT2D eigenvalue weighted by molar-refractivity contribution is -0.116. The fraction of sp³-hybridized carbons (Fsp3) is 0.357. The number of benzene rings is 1. The number of amides is 1. The standard InChI is InChI=1S/C14H18N2O2/c1-18-11-5-9-14(17)16-13-8-3-2-6-12(13)7-4-10-15/h2-3,6,8H,5,9-11,15H2,1H3,(H,16,17). The molecule has 0 atom stereocenters. The van der Waals surface area contributed by atoms with Crippen LogP contribution in [0.5, 0.6) is 0 Å². The fourth-order valence-corrected chi connectivity index (χ4v) is 1.44. The summed E-state index contributed by atoms with van der Waals surface area (Å²) in [6.07, 6.45) is 1.14. The van der Waals surface area contributed by atoms with Gasteiger partial charge in [0, 0.05) is 25.7 Å². The Morgan fingerprint density at radius 1 is 1.44 bits per heavy atom. The third-order valence-electron chi connectivity index (χ3n) is 2.28. The van der Waals surface area contributed by atoms with Crippen LogP contribution in [0.15, 0.2) is 24.3 Å². The molecule has 0 aliphatic rings. The molecule has 0 bridgehead atoms. The molecule has 0 spiro atoms. The van der Waals surface area contributed by atoms with Crippen molar-refractivity contribution in [2.24, 2.45) is 5.73 Å². The van der Waals surface area contributed by atoms with E-state index in [1.807, 2.05) is 24.3 Å². The number of anilines is 1. The second-order valence-electron chi connectivity index (χ2n) is 3.70. The number of hydrogen-bond donors (Lipinski definition) is 2. The van der Waals surface area contributed by atoms with Crippen molar-refractivity contribution in [1.82, 2.24) is 0 Å². The maximum atomic E-state index is 11.7. The molecule has 4 nitrogen and oxygen atoms in total. The smallest absolute Gasteiger partial charge is 0.224 e. The number of rotatable bonds is 5. The van der Waals surface area contributed by atoms with Crippen molar-refractivity contribution in [3.8, 4) is 11.8 Å². The van der Waals surface area contributed by atoms with Crippen LogP contribution in [0.2, 0.25) is 0 Å². The number of ether oxygens (including phenoxy) is 1. The molecule has 0 heterocycles. The summed E-state index contributed by atoms with van der Waals surface area (Å²) in [5.41, 5.74) is 6.84. The van der Waals surface area contributed by atoms with Crippen LogP contribution in [0, 0.1) is 11.8 Å². The molecule has 96 valence electrons. The molecule has 1 aromatic rings. The first-order chi connectivity index (χ1) is 8.77. The van der Waals surface area contributed by atoms with E-state index in [0.717, 1.165) is 11.3 Å². The lowest BCUT2D eigenvalue weighted by Gasteiger charge is -2.07. The SMILES string of the molecule is COCCCC(=O)Nc1ccccc1C#CCN. The summed E-state index contributed by atoms with van der Waals surface area (Å²) in [6, 6.07) is 7.42. The molecule has 18 heavy (non-hydrogen) atoms. The average molecular weight is 246 g/mol. The summed E-state index contributed by atoms with van der Waals surface area (Å²) in [5, 5.41) is 2.84. The molecule has 4 heteroatoms. The van der Waals surface area contributed by atoms with Gasteiger partial charge in [0.2, 0.25) is 5.91 Å². The van der Waals surface area contributed by atoms with Gasteiger partial charge in [0.15, 0.2) is 0 Å². The summed E-state index contributed by atoms with van der Waals surface area (Å²) in [6.45, 7) is 0.887. The van der Waals surface area contributed by atoms with Crippen molar-refractivity contribution in [2.45, 2.75) is 12.8 Å². The molecule has 0 fully saturated rings. The van der Waals surface area contributed by atoms with E-state index in [2.05, 4.69) is 17.2 Å². The van der Waals surface area contributed by atoms with Crippen LogP contribution in [0.25, 0.3) is 0 Å². The quantitative estimate of drug-likeness (QED) is 0.609. The van der Waals surface area contributed by atoms with Crippen LogP contribution in [0.4, 0.5) is 5.69 Å². The van der Waals surface area contributed by atoms with Crippen LogP contribution in [-0.4, -0.2) is 26.2 Å². The zero-order valence-corrected chi connectivity index (χ0v) is 10.5. The molecule has 1 rings (SSSR count). The van der Waals surface area contributed by atoms with Gasteiger partial charge in [-0.3, -0.25) is 4.79 Å².